The second-order valence-electron chi connectivity index (χ2n) is 6.88. The van der Waals surface area contributed by atoms with Crippen LogP contribution in [0.5, 0.6) is 0 Å². The molecule has 7 heteroatoms. The summed E-state index contributed by atoms with van der Waals surface area (Å²) in [5.74, 6) is -0.547. The van der Waals surface area contributed by atoms with Gasteiger partial charge in [-0.15, -0.1) is 0 Å². The van der Waals surface area contributed by atoms with Crippen molar-refractivity contribution < 1.29 is 14.0 Å². The lowest BCUT2D eigenvalue weighted by molar-refractivity contribution is -0.135. The third-order valence-corrected chi connectivity index (χ3v) is 4.59. The minimum atomic E-state index is -0.308. The third kappa shape index (κ3) is 5.41. The molecule has 0 aliphatic rings. The average molecular weight is 388 g/mol. The molecular formula is C21H29FN4O2. The Hall–Kier alpha value is -2.70. The van der Waals surface area contributed by atoms with Crippen LogP contribution in [-0.4, -0.2) is 46.1 Å². The number of amides is 2. The van der Waals surface area contributed by atoms with Crippen molar-refractivity contribution in [3.8, 4) is 5.69 Å². The second kappa shape index (κ2) is 10.0. The lowest BCUT2D eigenvalue weighted by Gasteiger charge is -2.21. The van der Waals surface area contributed by atoms with Crippen LogP contribution < -0.4 is 5.32 Å². The van der Waals surface area contributed by atoms with Crippen molar-refractivity contribution in [2.45, 2.75) is 47.0 Å². The third-order valence-electron chi connectivity index (χ3n) is 4.59. The minimum Gasteiger partial charge on any atom is -0.355 e. The molecule has 0 radical (unpaired) electrons. The number of nitrogens with zero attached hydrogens (tertiary/aromatic N) is 3. The number of halogens is 1. The fourth-order valence-electron chi connectivity index (χ4n) is 3.08. The molecule has 2 rings (SSSR count). The van der Waals surface area contributed by atoms with Crippen LogP contribution in [-0.2, 0) is 16.0 Å². The van der Waals surface area contributed by atoms with Crippen molar-refractivity contribution in [2.24, 2.45) is 0 Å². The van der Waals surface area contributed by atoms with Crippen molar-refractivity contribution >= 4 is 11.8 Å². The van der Waals surface area contributed by atoms with Crippen molar-refractivity contribution in [1.82, 2.24) is 20.0 Å². The van der Waals surface area contributed by atoms with Crippen molar-refractivity contribution in [1.29, 1.82) is 0 Å². The van der Waals surface area contributed by atoms with Gasteiger partial charge in [-0.25, -0.2) is 9.07 Å². The highest BCUT2D eigenvalue weighted by atomic mass is 19.1. The van der Waals surface area contributed by atoms with E-state index in [4.69, 9.17) is 0 Å². The summed E-state index contributed by atoms with van der Waals surface area (Å²) in [4.78, 5) is 26.5. The van der Waals surface area contributed by atoms with Crippen LogP contribution in [0.4, 0.5) is 4.39 Å². The monoisotopic (exact) mass is 388 g/mol. The van der Waals surface area contributed by atoms with Gasteiger partial charge in [-0.05, 0) is 51.0 Å². The van der Waals surface area contributed by atoms with Crippen LogP contribution in [0.15, 0.2) is 24.3 Å². The van der Waals surface area contributed by atoms with Crippen LogP contribution in [0.3, 0.4) is 0 Å². The quantitative estimate of drug-likeness (QED) is 0.718. The molecule has 1 N–H and O–H groups in total. The number of nitrogens with one attached hydrogen (secondary N) is 1. The van der Waals surface area contributed by atoms with Gasteiger partial charge in [-0.3, -0.25) is 9.59 Å². The summed E-state index contributed by atoms with van der Waals surface area (Å²) in [6, 6.07) is 6.08. The van der Waals surface area contributed by atoms with E-state index in [9.17, 15) is 14.0 Å². The zero-order valence-corrected chi connectivity index (χ0v) is 17.1. The first kappa shape index (κ1) is 21.6. The van der Waals surface area contributed by atoms with Gasteiger partial charge in [0.25, 0.3) is 0 Å². The van der Waals surface area contributed by atoms with E-state index in [0.717, 1.165) is 35.5 Å². The summed E-state index contributed by atoms with van der Waals surface area (Å²) in [6.07, 6.45) is 1.81. The van der Waals surface area contributed by atoms with E-state index in [1.54, 1.807) is 21.7 Å². The van der Waals surface area contributed by atoms with E-state index in [1.165, 1.54) is 12.1 Å². The molecular weight excluding hydrogens is 359 g/mol. The number of aryl methyl sites for hydroxylation is 1. The number of benzene rings is 1. The Bertz CT molecular complexity index is 815. The van der Waals surface area contributed by atoms with Gasteiger partial charge in [-0.2, -0.15) is 5.10 Å². The molecule has 6 nitrogen and oxygen atoms in total. The molecule has 1 aromatic heterocycles. The molecule has 1 aromatic carbocycles. The first-order valence-corrected chi connectivity index (χ1v) is 9.72. The second-order valence-corrected chi connectivity index (χ2v) is 6.88. The number of carbonyl (C=O) groups excluding carboxylic acids is 2. The smallest absolute Gasteiger partial charge is 0.239 e. The van der Waals surface area contributed by atoms with Crippen LogP contribution in [0.25, 0.3) is 5.69 Å². The standard InChI is InChI=1S/C21H29FN4O2/c1-5-11-23-20(27)14-25(12-6-2)21(28)13-19-15(3)24-26(16(19)4)18-9-7-17(22)8-10-18/h7-10H,5-6,11-14H2,1-4H3,(H,23,27). The summed E-state index contributed by atoms with van der Waals surface area (Å²) in [7, 11) is 0. The van der Waals surface area contributed by atoms with E-state index in [-0.39, 0.29) is 30.6 Å². The van der Waals surface area contributed by atoms with E-state index < -0.39 is 0 Å². The molecule has 0 aliphatic heterocycles. The number of hydrogen-bond donors (Lipinski definition) is 1. The van der Waals surface area contributed by atoms with E-state index in [0.29, 0.717) is 13.1 Å². The lowest BCUT2D eigenvalue weighted by Crippen LogP contribution is -2.42. The van der Waals surface area contributed by atoms with Crippen LogP contribution >= 0.6 is 0 Å². The molecule has 1 heterocycles. The number of aromatic nitrogens is 2. The summed E-state index contributed by atoms with van der Waals surface area (Å²) >= 11 is 0. The van der Waals surface area contributed by atoms with Gasteiger partial charge in [0.1, 0.15) is 5.82 Å². The molecule has 28 heavy (non-hydrogen) atoms. The molecule has 2 aromatic rings. The number of carbonyl (C=O) groups is 2. The Balaban J connectivity index is 2.17. The summed E-state index contributed by atoms with van der Waals surface area (Å²) < 4.78 is 14.9. The summed E-state index contributed by atoms with van der Waals surface area (Å²) in [6.45, 7) is 8.92. The zero-order chi connectivity index (χ0) is 20.7. The number of hydrogen-bond acceptors (Lipinski definition) is 3. The van der Waals surface area contributed by atoms with E-state index in [2.05, 4.69) is 10.4 Å². The zero-order valence-electron chi connectivity index (χ0n) is 17.1. The summed E-state index contributed by atoms with van der Waals surface area (Å²) in [5.41, 5.74) is 3.17. The van der Waals surface area contributed by atoms with Gasteiger partial charge in [-0.1, -0.05) is 13.8 Å². The molecule has 0 unspecified atom stereocenters. The maximum absolute atomic E-state index is 13.2. The number of rotatable bonds is 9. The lowest BCUT2D eigenvalue weighted by atomic mass is 10.1. The normalized spacial score (nSPS) is 10.8. The van der Waals surface area contributed by atoms with Gasteiger partial charge < -0.3 is 10.2 Å². The van der Waals surface area contributed by atoms with Gasteiger partial charge in [0.05, 0.1) is 24.3 Å². The highest BCUT2D eigenvalue weighted by Gasteiger charge is 2.21. The SMILES string of the molecule is CCCNC(=O)CN(CCC)C(=O)Cc1c(C)nn(-c2ccc(F)cc2)c1C. The fourth-order valence-corrected chi connectivity index (χ4v) is 3.08. The van der Waals surface area contributed by atoms with Crippen molar-refractivity contribution in [3.05, 3.63) is 47.0 Å². The molecule has 0 aliphatic carbocycles. The van der Waals surface area contributed by atoms with Crippen molar-refractivity contribution in [3.63, 3.8) is 0 Å². The van der Waals surface area contributed by atoms with Gasteiger partial charge in [0, 0.05) is 24.3 Å². The van der Waals surface area contributed by atoms with Gasteiger partial charge >= 0.3 is 0 Å². The molecule has 0 atom stereocenters. The molecule has 0 saturated carbocycles. The largest absolute Gasteiger partial charge is 0.355 e. The Kier molecular flexibility index (Phi) is 7.72. The summed E-state index contributed by atoms with van der Waals surface area (Å²) in [5, 5.41) is 7.33. The predicted molar refractivity (Wildman–Crippen MR) is 107 cm³/mol. The molecule has 0 saturated heterocycles. The van der Waals surface area contributed by atoms with E-state index >= 15 is 0 Å². The van der Waals surface area contributed by atoms with Crippen LogP contribution in [0.1, 0.15) is 43.6 Å². The fraction of sp³-hybridized carbons (Fsp3) is 0.476. The van der Waals surface area contributed by atoms with E-state index in [1.807, 2.05) is 27.7 Å². The minimum absolute atomic E-state index is 0.0663. The molecule has 0 spiro atoms. The first-order chi connectivity index (χ1) is 13.4. The molecule has 2 amide bonds. The van der Waals surface area contributed by atoms with Gasteiger partial charge in [0.2, 0.25) is 11.8 Å². The molecule has 0 bridgehead atoms. The first-order valence-electron chi connectivity index (χ1n) is 9.72. The average Bonchev–Trinajstić information content (AvgIpc) is 2.94. The highest BCUT2D eigenvalue weighted by Crippen LogP contribution is 2.19. The predicted octanol–water partition coefficient (Wildman–Crippen LogP) is 2.94. The Morgan fingerprint density at radius 1 is 1.14 bits per heavy atom. The Morgan fingerprint density at radius 2 is 1.82 bits per heavy atom. The Morgan fingerprint density at radius 3 is 2.43 bits per heavy atom. The maximum Gasteiger partial charge on any atom is 0.239 e. The molecule has 0 fully saturated rings. The Labute approximate surface area is 165 Å². The van der Waals surface area contributed by atoms with Crippen LogP contribution in [0, 0.1) is 19.7 Å². The van der Waals surface area contributed by atoms with Crippen LogP contribution in [0.2, 0.25) is 0 Å². The highest BCUT2D eigenvalue weighted by molar-refractivity contribution is 5.86. The topological polar surface area (TPSA) is 67.2 Å². The maximum atomic E-state index is 13.2. The van der Waals surface area contributed by atoms with Gasteiger partial charge in [0.15, 0.2) is 0 Å². The molecule has 152 valence electrons. The van der Waals surface area contributed by atoms with Crippen molar-refractivity contribution in [2.75, 3.05) is 19.6 Å².